The maximum absolute atomic E-state index is 9.90. The van der Waals surface area contributed by atoms with Gasteiger partial charge in [-0.15, -0.1) is 0 Å². The summed E-state index contributed by atoms with van der Waals surface area (Å²) in [6.07, 6.45) is -8.31. The van der Waals surface area contributed by atoms with E-state index in [0.717, 1.165) is 0 Å². The first kappa shape index (κ1) is 24.0. The van der Waals surface area contributed by atoms with Gasteiger partial charge in [-0.3, -0.25) is 0 Å². The van der Waals surface area contributed by atoms with Crippen LogP contribution in [-0.2, 0) is 18.9 Å². The second-order valence-corrected chi connectivity index (χ2v) is 1.91. The molecule has 1 spiro atoms. The molecule has 0 aromatic rings. The molecule has 2 heterocycles. The minimum absolute atomic E-state index is 0. The number of carboxylic acid groups (broad SMARTS) is 4. The Kier molecular flexibility index (Phi) is 13.5. The average molecular weight is 429 g/mol. The van der Waals surface area contributed by atoms with Crippen LogP contribution < -0.4 is 20.4 Å². The zero-order chi connectivity index (χ0) is 13.6. The summed E-state index contributed by atoms with van der Waals surface area (Å²) in [4.78, 5) is 36.5. The van der Waals surface area contributed by atoms with E-state index in [-0.39, 0.29) is 86.6 Å². The van der Waals surface area contributed by atoms with Crippen LogP contribution in [-0.4, -0.2) is 117 Å². The van der Waals surface area contributed by atoms with Crippen LogP contribution in [0.4, 0.5) is 19.2 Å². The molecule has 0 bridgehead atoms. The smallest absolute Gasteiger partial charge is 0.652 e. The molecule has 2 rings (SSSR count). The van der Waals surface area contributed by atoms with Gasteiger partial charge in [-0.05, 0) is 12.3 Å². The summed E-state index contributed by atoms with van der Waals surface area (Å²) >= 11 is 0. The molecule has 0 unspecified atom stereocenters. The summed E-state index contributed by atoms with van der Waals surface area (Å²) in [5.74, 6) is 0. The molecule has 0 radical (unpaired) electrons. The quantitative estimate of drug-likeness (QED) is 0.261. The fourth-order valence-corrected chi connectivity index (χ4v) is 0.507. The third-order valence-corrected chi connectivity index (χ3v) is 0.833. The molecular weight excluding hydrogens is 429 g/mol. The first-order valence-corrected chi connectivity index (χ1v) is 3.27. The molecule has 0 atom stereocenters. The monoisotopic (exact) mass is 430 g/mol. The molecule has 0 aromatic carbocycles. The number of ether oxygens (including phenoxy) is 4. The maximum Gasteiger partial charge on any atom is 2.00 e. The Balaban J connectivity index is -0.000000224. The largest absolute Gasteiger partial charge is 2.00 e. The third-order valence-electron chi connectivity index (χ3n) is 0.833. The van der Waals surface area contributed by atoms with E-state index in [1.54, 1.807) is 0 Å². The first-order valence-electron chi connectivity index (χ1n) is 3.27. The van der Waals surface area contributed by atoms with Gasteiger partial charge < -0.3 is 49.0 Å². The van der Waals surface area contributed by atoms with Gasteiger partial charge in [0, 0.05) is 0 Å². The van der Waals surface area contributed by atoms with Gasteiger partial charge in [-0.25, -0.2) is 9.59 Å². The van der Waals surface area contributed by atoms with Gasteiger partial charge in [0.05, 0.1) is 0 Å². The van der Waals surface area contributed by atoms with E-state index in [0.29, 0.717) is 0 Å². The van der Waals surface area contributed by atoms with Crippen LogP contribution in [0.5, 0.6) is 0 Å². The van der Waals surface area contributed by atoms with Crippen molar-refractivity contribution in [2.45, 2.75) is 6.16 Å². The van der Waals surface area contributed by atoms with E-state index >= 15 is 0 Å². The molecule has 0 aromatic heterocycles. The molecular formula is C5BaCaO12. The van der Waals surface area contributed by atoms with Gasteiger partial charge >= 0.3 is 105 Å². The summed E-state index contributed by atoms with van der Waals surface area (Å²) in [6.45, 7) is 0. The molecule has 2 saturated heterocycles. The Hall–Kier alpha value is -0.0888. The standard InChI is InChI=1S/C3O6.2CH2O3.Ba.Ca/c4-1-6-3(7-1)8-2(5)9-3;2*2-1(3)4;;/h;2*(H2,2,3,4);;/q;;;2*+2/p-4. The Morgan fingerprint density at radius 2 is 0.947 bits per heavy atom. The number of carbonyl (C=O) groups excluding carboxylic acids is 4. The minimum Gasteiger partial charge on any atom is -0.652 e. The normalized spacial score (nSPS) is 14.9. The second-order valence-electron chi connectivity index (χ2n) is 1.91. The summed E-state index contributed by atoms with van der Waals surface area (Å²) in [5.41, 5.74) is 0. The Morgan fingerprint density at radius 1 is 0.789 bits per heavy atom. The van der Waals surface area contributed by atoms with Crippen LogP contribution in [0.25, 0.3) is 0 Å². The Labute approximate surface area is 173 Å². The van der Waals surface area contributed by atoms with Crippen molar-refractivity contribution < 1.29 is 58.6 Å². The van der Waals surface area contributed by atoms with E-state index in [9.17, 15) is 9.59 Å². The van der Waals surface area contributed by atoms with Crippen LogP contribution in [0.1, 0.15) is 0 Å². The van der Waals surface area contributed by atoms with Crippen LogP contribution in [0.15, 0.2) is 0 Å². The summed E-state index contributed by atoms with van der Waals surface area (Å²) in [7, 11) is 0. The number of hydrogen-bond donors (Lipinski definition) is 0. The van der Waals surface area contributed by atoms with Crippen molar-refractivity contribution in [3.63, 3.8) is 0 Å². The van der Waals surface area contributed by atoms with Gasteiger partial charge in [0.2, 0.25) is 0 Å². The van der Waals surface area contributed by atoms with E-state index in [1.807, 2.05) is 0 Å². The summed E-state index contributed by atoms with van der Waals surface area (Å²) in [5, 5.41) is 33.3. The van der Waals surface area contributed by atoms with Crippen molar-refractivity contribution in [2.24, 2.45) is 0 Å². The van der Waals surface area contributed by atoms with Gasteiger partial charge in [-0.1, -0.05) is 0 Å². The zero-order valence-electron chi connectivity index (χ0n) is 8.81. The van der Waals surface area contributed by atoms with E-state index < -0.39 is 30.8 Å². The molecule has 0 amide bonds. The zero-order valence-corrected chi connectivity index (χ0v) is 15.5. The Morgan fingerprint density at radius 3 is 1.05 bits per heavy atom. The third kappa shape index (κ3) is 11.4. The number of hydrogen-bond acceptors (Lipinski definition) is 12. The van der Waals surface area contributed by atoms with Crippen LogP contribution >= 0.6 is 0 Å². The molecule has 2 aliphatic heterocycles. The predicted octanol–water partition coefficient (Wildman–Crippen LogP) is -5.72. The molecule has 0 aliphatic carbocycles. The first-order chi connectivity index (χ1) is 7.67. The molecule has 12 nitrogen and oxygen atoms in total. The topological polar surface area (TPSA) is 197 Å². The van der Waals surface area contributed by atoms with Crippen molar-refractivity contribution in [1.82, 2.24) is 0 Å². The molecule has 19 heavy (non-hydrogen) atoms. The minimum atomic E-state index is -2.33. The molecule has 96 valence electrons. The fourth-order valence-electron chi connectivity index (χ4n) is 0.507. The van der Waals surface area contributed by atoms with Crippen molar-refractivity contribution in [2.75, 3.05) is 0 Å². The number of carbonyl (C=O) groups is 4. The SMILES string of the molecule is O=C([O-])[O-].O=C([O-])[O-].O=C1OC2(O1)OC(=O)O2.[Ba+2].[Ca+2]. The van der Waals surface area contributed by atoms with Crippen molar-refractivity contribution in [3.05, 3.63) is 0 Å². The molecule has 0 saturated carbocycles. The van der Waals surface area contributed by atoms with E-state index in [4.69, 9.17) is 30.0 Å². The molecule has 2 aliphatic rings. The van der Waals surface area contributed by atoms with Crippen LogP contribution in [0.3, 0.4) is 0 Å². The summed E-state index contributed by atoms with van der Waals surface area (Å²) < 4.78 is 16.4. The van der Waals surface area contributed by atoms with Crippen molar-refractivity contribution in [3.8, 4) is 0 Å². The van der Waals surface area contributed by atoms with E-state index in [1.165, 1.54) is 0 Å². The van der Waals surface area contributed by atoms with Gasteiger partial charge in [0.25, 0.3) is 0 Å². The van der Waals surface area contributed by atoms with Gasteiger partial charge in [0.1, 0.15) is 0 Å². The number of rotatable bonds is 0. The van der Waals surface area contributed by atoms with Gasteiger partial charge in [-0.2, -0.15) is 0 Å². The summed E-state index contributed by atoms with van der Waals surface area (Å²) in [6, 6.07) is 0. The molecule has 14 heteroatoms. The maximum atomic E-state index is 9.90. The van der Waals surface area contributed by atoms with E-state index in [2.05, 4.69) is 18.9 Å². The Bertz CT molecular complexity index is 293. The van der Waals surface area contributed by atoms with Gasteiger partial charge in [0.15, 0.2) is 0 Å². The van der Waals surface area contributed by atoms with Crippen molar-refractivity contribution >= 4 is 111 Å². The average Bonchev–Trinajstić information content (AvgIpc) is 1.96. The molecule has 0 N–H and O–H groups in total. The molecule has 2 fully saturated rings. The van der Waals surface area contributed by atoms with Crippen molar-refractivity contribution in [1.29, 1.82) is 0 Å². The fraction of sp³-hybridized carbons (Fsp3) is 0.200. The van der Waals surface area contributed by atoms with Crippen LogP contribution in [0, 0.1) is 0 Å². The van der Waals surface area contributed by atoms with Crippen LogP contribution in [0.2, 0.25) is 0 Å². The second kappa shape index (κ2) is 10.7. The predicted molar refractivity (Wildman–Crippen MR) is 40.2 cm³/mol.